The van der Waals surface area contributed by atoms with E-state index in [2.05, 4.69) is 15.0 Å². The number of fused-ring (bicyclic) bond motifs is 1. The van der Waals surface area contributed by atoms with Crippen molar-refractivity contribution in [2.75, 3.05) is 26.2 Å². The Hall–Kier alpha value is -3.29. The van der Waals surface area contributed by atoms with E-state index in [9.17, 15) is 14.4 Å². The number of aromatic nitrogens is 3. The van der Waals surface area contributed by atoms with Crippen molar-refractivity contribution in [1.82, 2.24) is 24.8 Å². The molecule has 140 valence electrons. The molecule has 0 unspecified atom stereocenters. The van der Waals surface area contributed by atoms with Gasteiger partial charge in [0.1, 0.15) is 0 Å². The minimum absolute atomic E-state index is 0.00438. The smallest absolute Gasteiger partial charge is 0.323 e. The fourth-order valence-corrected chi connectivity index (χ4v) is 3.58. The minimum Gasteiger partial charge on any atom is -0.362 e. The third kappa shape index (κ3) is 3.14. The number of imidazole rings is 1. The summed E-state index contributed by atoms with van der Waals surface area (Å²) >= 11 is 0. The zero-order chi connectivity index (χ0) is 19.1. The number of rotatable bonds is 2. The van der Waals surface area contributed by atoms with Gasteiger partial charge in [-0.1, -0.05) is 0 Å². The highest BCUT2D eigenvalue weighted by Crippen LogP contribution is 2.17. The van der Waals surface area contributed by atoms with E-state index in [1.807, 2.05) is 19.9 Å². The summed E-state index contributed by atoms with van der Waals surface area (Å²) < 4.78 is 0. The Morgan fingerprint density at radius 2 is 1.48 bits per heavy atom. The standard InChI is InChI=1S/C19H21N5O3/c1-11-9-14(12(2)20-11)18(26)24-7-5-23(6-8-24)17(25)13-3-4-15-16(10-13)22-19(27)21-15/h3-4,9-10,20H,5-8H2,1-2H3,(H2,21,22,27). The summed E-state index contributed by atoms with van der Waals surface area (Å²) in [5.74, 6) is -0.102. The molecular formula is C19H21N5O3. The van der Waals surface area contributed by atoms with Crippen LogP contribution >= 0.6 is 0 Å². The maximum Gasteiger partial charge on any atom is 0.323 e. The monoisotopic (exact) mass is 367 g/mol. The second kappa shape index (κ2) is 6.46. The maximum absolute atomic E-state index is 12.8. The Balaban J connectivity index is 1.45. The van der Waals surface area contributed by atoms with Gasteiger partial charge < -0.3 is 24.8 Å². The van der Waals surface area contributed by atoms with E-state index in [-0.39, 0.29) is 17.5 Å². The van der Waals surface area contributed by atoms with Gasteiger partial charge in [0.15, 0.2) is 0 Å². The summed E-state index contributed by atoms with van der Waals surface area (Å²) in [6, 6.07) is 6.97. The highest BCUT2D eigenvalue weighted by molar-refractivity contribution is 5.98. The molecule has 1 fully saturated rings. The molecule has 2 amide bonds. The summed E-state index contributed by atoms with van der Waals surface area (Å²) in [6.45, 7) is 5.77. The molecule has 2 aromatic heterocycles. The number of nitrogens with one attached hydrogen (secondary N) is 3. The Labute approximate surface area is 155 Å². The van der Waals surface area contributed by atoms with Crippen molar-refractivity contribution in [2.24, 2.45) is 0 Å². The van der Waals surface area contributed by atoms with Crippen LogP contribution in [0.15, 0.2) is 29.1 Å². The van der Waals surface area contributed by atoms with Crippen LogP contribution in [-0.2, 0) is 0 Å². The Morgan fingerprint density at radius 1 is 0.852 bits per heavy atom. The number of hydrogen-bond donors (Lipinski definition) is 3. The molecule has 4 rings (SSSR count). The molecule has 0 saturated carbocycles. The first-order valence-corrected chi connectivity index (χ1v) is 8.89. The van der Waals surface area contributed by atoms with Crippen LogP contribution in [0, 0.1) is 13.8 Å². The first-order chi connectivity index (χ1) is 12.9. The van der Waals surface area contributed by atoms with Crippen LogP contribution in [0.25, 0.3) is 11.0 Å². The lowest BCUT2D eigenvalue weighted by Crippen LogP contribution is -2.50. The predicted molar refractivity (Wildman–Crippen MR) is 101 cm³/mol. The molecule has 0 spiro atoms. The van der Waals surface area contributed by atoms with E-state index < -0.39 is 0 Å². The number of H-pyrrole nitrogens is 3. The molecule has 0 radical (unpaired) electrons. The summed E-state index contributed by atoms with van der Waals surface area (Å²) in [4.78, 5) is 48.8. The van der Waals surface area contributed by atoms with E-state index >= 15 is 0 Å². The fourth-order valence-electron chi connectivity index (χ4n) is 3.58. The second-order valence-electron chi connectivity index (χ2n) is 6.91. The van der Waals surface area contributed by atoms with Crippen molar-refractivity contribution in [3.63, 3.8) is 0 Å². The Bertz CT molecular complexity index is 1080. The molecule has 0 atom stereocenters. The molecule has 1 aliphatic heterocycles. The summed E-state index contributed by atoms with van der Waals surface area (Å²) in [5.41, 5.74) is 4.02. The zero-order valence-electron chi connectivity index (χ0n) is 15.3. The number of carbonyl (C=O) groups is 2. The van der Waals surface area contributed by atoms with Crippen LogP contribution in [0.3, 0.4) is 0 Å². The number of carbonyl (C=O) groups excluding carboxylic acids is 2. The van der Waals surface area contributed by atoms with Gasteiger partial charge in [0, 0.05) is 43.1 Å². The first-order valence-electron chi connectivity index (χ1n) is 8.89. The van der Waals surface area contributed by atoms with Crippen LogP contribution < -0.4 is 5.69 Å². The highest BCUT2D eigenvalue weighted by atomic mass is 16.2. The van der Waals surface area contributed by atoms with Gasteiger partial charge in [0.05, 0.1) is 16.6 Å². The number of piperazine rings is 1. The quantitative estimate of drug-likeness (QED) is 0.637. The van der Waals surface area contributed by atoms with Gasteiger partial charge >= 0.3 is 5.69 Å². The molecule has 0 aliphatic carbocycles. The third-order valence-electron chi connectivity index (χ3n) is 5.00. The van der Waals surface area contributed by atoms with E-state index in [1.54, 1.807) is 28.0 Å². The van der Waals surface area contributed by atoms with E-state index in [1.165, 1.54) is 0 Å². The molecule has 1 aliphatic rings. The molecule has 8 nitrogen and oxygen atoms in total. The normalized spacial score (nSPS) is 14.7. The summed E-state index contributed by atoms with van der Waals surface area (Å²) in [5, 5.41) is 0. The van der Waals surface area contributed by atoms with Crippen molar-refractivity contribution >= 4 is 22.8 Å². The minimum atomic E-state index is -0.294. The molecule has 0 bridgehead atoms. The van der Waals surface area contributed by atoms with Crippen molar-refractivity contribution in [1.29, 1.82) is 0 Å². The topological polar surface area (TPSA) is 105 Å². The number of aromatic amines is 3. The lowest BCUT2D eigenvalue weighted by molar-refractivity contribution is 0.0535. The molecule has 1 saturated heterocycles. The van der Waals surface area contributed by atoms with E-state index in [0.717, 1.165) is 11.4 Å². The molecular weight excluding hydrogens is 346 g/mol. The van der Waals surface area contributed by atoms with Gasteiger partial charge in [-0.3, -0.25) is 9.59 Å². The van der Waals surface area contributed by atoms with Gasteiger partial charge in [-0.15, -0.1) is 0 Å². The average molecular weight is 367 g/mol. The van der Waals surface area contributed by atoms with Gasteiger partial charge in [0.25, 0.3) is 11.8 Å². The fraction of sp³-hybridized carbons (Fsp3) is 0.316. The number of amides is 2. The van der Waals surface area contributed by atoms with Crippen molar-refractivity contribution in [3.05, 3.63) is 57.3 Å². The molecule has 3 aromatic rings. The number of benzene rings is 1. The van der Waals surface area contributed by atoms with Crippen LogP contribution in [-0.4, -0.2) is 62.7 Å². The van der Waals surface area contributed by atoms with Crippen LogP contribution in [0.1, 0.15) is 32.1 Å². The van der Waals surface area contributed by atoms with Crippen LogP contribution in [0.2, 0.25) is 0 Å². The average Bonchev–Trinajstić information content (AvgIpc) is 3.20. The molecule has 3 heterocycles. The van der Waals surface area contributed by atoms with Crippen molar-refractivity contribution in [2.45, 2.75) is 13.8 Å². The summed E-state index contributed by atoms with van der Waals surface area (Å²) in [7, 11) is 0. The molecule has 27 heavy (non-hydrogen) atoms. The molecule has 8 heteroatoms. The number of aryl methyl sites for hydroxylation is 2. The SMILES string of the molecule is Cc1cc(C(=O)N2CCN(C(=O)c3ccc4[nH]c(=O)[nH]c4c3)CC2)c(C)[nH]1. The van der Waals surface area contributed by atoms with Crippen molar-refractivity contribution in [3.8, 4) is 0 Å². The van der Waals surface area contributed by atoms with E-state index in [4.69, 9.17) is 0 Å². The lowest BCUT2D eigenvalue weighted by atomic mass is 10.1. The third-order valence-corrected chi connectivity index (χ3v) is 5.00. The predicted octanol–water partition coefficient (Wildman–Crippen LogP) is 1.40. The zero-order valence-corrected chi connectivity index (χ0v) is 15.3. The van der Waals surface area contributed by atoms with Gasteiger partial charge in [-0.25, -0.2) is 4.79 Å². The van der Waals surface area contributed by atoms with Crippen molar-refractivity contribution < 1.29 is 9.59 Å². The molecule has 3 N–H and O–H groups in total. The number of hydrogen-bond acceptors (Lipinski definition) is 3. The first kappa shape index (κ1) is 17.1. The number of nitrogens with zero attached hydrogens (tertiary/aromatic N) is 2. The van der Waals surface area contributed by atoms with Gasteiger partial charge in [-0.2, -0.15) is 0 Å². The lowest BCUT2D eigenvalue weighted by Gasteiger charge is -2.34. The maximum atomic E-state index is 12.8. The molecule has 1 aromatic carbocycles. The Kier molecular flexibility index (Phi) is 4.10. The van der Waals surface area contributed by atoms with Crippen LogP contribution in [0.5, 0.6) is 0 Å². The highest BCUT2D eigenvalue weighted by Gasteiger charge is 2.26. The Morgan fingerprint density at radius 3 is 2.11 bits per heavy atom. The van der Waals surface area contributed by atoms with Crippen LogP contribution in [0.4, 0.5) is 0 Å². The second-order valence-corrected chi connectivity index (χ2v) is 6.91. The summed E-state index contributed by atoms with van der Waals surface area (Å²) in [6.07, 6.45) is 0. The van der Waals surface area contributed by atoms with Gasteiger partial charge in [-0.05, 0) is 38.1 Å². The van der Waals surface area contributed by atoms with Gasteiger partial charge in [0.2, 0.25) is 0 Å². The largest absolute Gasteiger partial charge is 0.362 e. The van der Waals surface area contributed by atoms with E-state index in [0.29, 0.717) is 48.3 Å².